The maximum atomic E-state index is 13.0. The van der Waals surface area contributed by atoms with Crippen molar-refractivity contribution in [3.05, 3.63) is 72.3 Å². The van der Waals surface area contributed by atoms with Crippen LogP contribution in [0.25, 0.3) is 10.8 Å². The molecule has 0 aromatic heterocycles. The fraction of sp³-hybridized carbons (Fsp3) is 0.292. The van der Waals surface area contributed by atoms with Gasteiger partial charge in [-0.05, 0) is 36.6 Å². The summed E-state index contributed by atoms with van der Waals surface area (Å²) < 4.78 is 44.9. The molecular weight excluding hydrogens is 405 g/mol. The maximum Gasteiger partial charge on any atom is 0.416 e. The minimum absolute atomic E-state index is 0.128. The van der Waals surface area contributed by atoms with E-state index in [-0.39, 0.29) is 5.91 Å². The summed E-state index contributed by atoms with van der Waals surface area (Å²) in [5.41, 5.74) is -0.150. The first-order chi connectivity index (χ1) is 14.8. The Kier molecular flexibility index (Phi) is 5.76. The van der Waals surface area contributed by atoms with Crippen LogP contribution in [0.15, 0.2) is 66.7 Å². The van der Waals surface area contributed by atoms with E-state index in [1.807, 2.05) is 47.4 Å². The molecule has 1 heterocycles. The van der Waals surface area contributed by atoms with E-state index < -0.39 is 17.8 Å². The normalized spacial score (nSPS) is 15.7. The van der Waals surface area contributed by atoms with Gasteiger partial charge in [0.05, 0.1) is 5.56 Å². The number of nitrogens with zero attached hydrogens (tertiary/aromatic N) is 2. The number of benzene rings is 3. The van der Waals surface area contributed by atoms with Gasteiger partial charge in [-0.3, -0.25) is 4.79 Å². The van der Waals surface area contributed by atoms with Crippen LogP contribution < -0.4 is 9.64 Å². The van der Waals surface area contributed by atoms with Crippen molar-refractivity contribution in [1.82, 2.24) is 4.90 Å². The van der Waals surface area contributed by atoms with Gasteiger partial charge in [0.25, 0.3) is 5.91 Å². The second-order valence-corrected chi connectivity index (χ2v) is 7.60. The number of anilines is 1. The van der Waals surface area contributed by atoms with E-state index in [1.54, 1.807) is 17.9 Å². The molecule has 4 rings (SSSR count). The van der Waals surface area contributed by atoms with Crippen molar-refractivity contribution in [2.24, 2.45) is 0 Å². The minimum Gasteiger partial charge on any atom is -0.480 e. The zero-order chi connectivity index (χ0) is 22.0. The summed E-state index contributed by atoms with van der Waals surface area (Å²) in [4.78, 5) is 16.5. The molecule has 0 aliphatic carbocycles. The summed E-state index contributed by atoms with van der Waals surface area (Å²) in [6, 6.07) is 18.8. The number of hydrogen-bond acceptors (Lipinski definition) is 3. The third kappa shape index (κ3) is 4.60. The van der Waals surface area contributed by atoms with Crippen molar-refractivity contribution >= 4 is 22.4 Å². The predicted molar refractivity (Wildman–Crippen MR) is 114 cm³/mol. The van der Waals surface area contributed by atoms with Crippen LogP contribution in [0, 0.1) is 0 Å². The Labute approximate surface area is 178 Å². The number of amides is 1. The number of alkyl halides is 3. The van der Waals surface area contributed by atoms with Gasteiger partial charge in [-0.2, -0.15) is 13.2 Å². The average molecular weight is 428 g/mol. The van der Waals surface area contributed by atoms with Gasteiger partial charge in [0, 0.05) is 37.3 Å². The molecule has 3 aromatic carbocycles. The quantitative estimate of drug-likeness (QED) is 0.588. The monoisotopic (exact) mass is 428 g/mol. The van der Waals surface area contributed by atoms with Crippen LogP contribution in [0.4, 0.5) is 18.9 Å². The summed E-state index contributed by atoms with van der Waals surface area (Å²) in [5, 5.41) is 1.98. The molecule has 162 valence electrons. The van der Waals surface area contributed by atoms with Crippen LogP contribution in [0.2, 0.25) is 0 Å². The Hall–Kier alpha value is -3.22. The largest absolute Gasteiger partial charge is 0.480 e. The summed E-state index contributed by atoms with van der Waals surface area (Å²) in [7, 11) is 0. The van der Waals surface area contributed by atoms with Crippen LogP contribution in [-0.4, -0.2) is 43.1 Å². The van der Waals surface area contributed by atoms with E-state index in [0.717, 1.165) is 22.9 Å². The van der Waals surface area contributed by atoms with E-state index >= 15 is 0 Å². The molecular formula is C24H23F3N2O2. The number of carbonyl (C=O) groups is 1. The molecule has 3 aromatic rings. The molecule has 0 radical (unpaired) electrons. The lowest BCUT2D eigenvalue weighted by molar-refractivity contribution is -0.138. The lowest BCUT2D eigenvalue weighted by Gasteiger charge is -2.37. The Morgan fingerprint density at radius 1 is 0.935 bits per heavy atom. The van der Waals surface area contributed by atoms with Gasteiger partial charge in [0.15, 0.2) is 6.10 Å². The van der Waals surface area contributed by atoms with E-state index in [4.69, 9.17) is 4.74 Å². The van der Waals surface area contributed by atoms with Gasteiger partial charge in [-0.25, -0.2) is 0 Å². The molecule has 4 nitrogen and oxygen atoms in total. The lowest BCUT2D eigenvalue weighted by atomic mass is 10.1. The van der Waals surface area contributed by atoms with E-state index in [9.17, 15) is 18.0 Å². The SMILES string of the molecule is CC(Oc1cccc2ccccc12)C(=O)N1CCN(c2cccc(C(F)(F)F)c2)CC1. The number of piperazine rings is 1. The van der Waals surface area contributed by atoms with E-state index in [1.165, 1.54) is 6.07 Å². The minimum atomic E-state index is -4.37. The summed E-state index contributed by atoms with van der Waals surface area (Å²) in [5.74, 6) is 0.526. The maximum absolute atomic E-state index is 13.0. The van der Waals surface area contributed by atoms with Crippen LogP contribution in [0.5, 0.6) is 5.75 Å². The van der Waals surface area contributed by atoms with Crippen LogP contribution in [0.1, 0.15) is 12.5 Å². The van der Waals surface area contributed by atoms with Crippen molar-refractivity contribution in [2.45, 2.75) is 19.2 Å². The lowest BCUT2D eigenvalue weighted by Crippen LogP contribution is -2.52. The van der Waals surface area contributed by atoms with Crippen LogP contribution in [-0.2, 0) is 11.0 Å². The topological polar surface area (TPSA) is 32.8 Å². The van der Waals surface area contributed by atoms with Crippen LogP contribution >= 0.6 is 0 Å². The van der Waals surface area contributed by atoms with Crippen molar-refractivity contribution in [3.8, 4) is 5.75 Å². The molecule has 31 heavy (non-hydrogen) atoms. The number of halogens is 3. The van der Waals surface area contributed by atoms with E-state index in [2.05, 4.69) is 0 Å². The molecule has 1 aliphatic rings. The highest BCUT2D eigenvalue weighted by Crippen LogP contribution is 2.32. The molecule has 1 fully saturated rings. The van der Waals surface area contributed by atoms with Gasteiger partial charge in [0.2, 0.25) is 0 Å². The molecule has 0 bridgehead atoms. The molecule has 0 spiro atoms. The Morgan fingerprint density at radius 3 is 2.35 bits per heavy atom. The Balaban J connectivity index is 1.39. The molecule has 0 saturated carbocycles. The smallest absolute Gasteiger partial charge is 0.416 e. The highest BCUT2D eigenvalue weighted by molar-refractivity contribution is 5.89. The molecule has 7 heteroatoms. The molecule has 0 N–H and O–H groups in total. The predicted octanol–water partition coefficient (Wildman–Crippen LogP) is 4.97. The zero-order valence-electron chi connectivity index (χ0n) is 17.1. The molecule has 1 aliphatic heterocycles. The van der Waals surface area contributed by atoms with Gasteiger partial charge >= 0.3 is 6.18 Å². The average Bonchev–Trinajstić information content (AvgIpc) is 2.78. The van der Waals surface area contributed by atoms with Crippen LogP contribution in [0.3, 0.4) is 0 Å². The van der Waals surface area contributed by atoms with Gasteiger partial charge in [-0.15, -0.1) is 0 Å². The number of carbonyl (C=O) groups excluding carboxylic acids is 1. The highest BCUT2D eigenvalue weighted by atomic mass is 19.4. The summed E-state index contributed by atoms with van der Waals surface area (Å²) >= 11 is 0. The third-order valence-electron chi connectivity index (χ3n) is 5.53. The fourth-order valence-electron chi connectivity index (χ4n) is 3.86. The van der Waals surface area contributed by atoms with Crippen molar-refractivity contribution in [1.29, 1.82) is 0 Å². The first kappa shape index (κ1) is 21.0. The van der Waals surface area contributed by atoms with Crippen molar-refractivity contribution in [3.63, 3.8) is 0 Å². The highest BCUT2D eigenvalue weighted by Gasteiger charge is 2.31. The zero-order valence-corrected chi connectivity index (χ0v) is 17.1. The first-order valence-corrected chi connectivity index (χ1v) is 10.2. The Morgan fingerprint density at radius 2 is 1.61 bits per heavy atom. The van der Waals surface area contributed by atoms with E-state index in [0.29, 0.717) is 37.6 Å². The number of ether oxygens (including phenoxy) is 1. The molecule has 1 saturated heterocycles. The molecule has 1 amide bonds. The fourth-order valence-corrected chi connectivity index (χ4v) is 3.86. The second kappa shape index (κ2) is 8.49. The molecule has 1 atom stereocenters. The summed E-state index contributed by atoms with van der Waals surface area (Å²) in [6.07, 6.45) is -5.03. The van der Waals surface area contributed by atoms with Gasteiger partial charge in [0.1, 0.15) is 5.75 Å². The van der Waals surface area contributed by atoms with Crippen molar-refractivity contribution < 1.29 is 22.7 Å². The summed E-state index contributed by atoms with van der Waals surface area (Å²) in [6.45, 7) is 3.52. The standard InChI is InChI=1S/C24H23F3N2O2/c1-17(31-22-11-4-7-18-6-2-3-10-21(18)22)23(30)29-14-12-28(13-15-29)20-9-5-8-19(16-20)24(25,26)27/h2-11,16-17H,12-15H2,1H3. The number of hydrogen-bond donors (Lipinski definition) is 0. The molecule has 1 unspecified atom stereocenters. The van der Waals surface area contributed by atoms with Crippen molar-refractivity contribution in [2.75, 3.05) is 31.1 Å². The Bertz CT molecular complexity index is 1070. The van der Waals surface area contributed by atoms with Gasteiger partial charge < -0.3 is 14.5 Å². The number of fused-ring (bicyclic) bond motifs is 1. The van der Waals surface area contributed by atoms with Gasteiger partial charge in [-0.1, -0.05) is 42.5 Å². The second-order valence-electron chi connectivity index (χ2n) is 7.60. The number of rotatable bonds is 4. The third-order valence-corrected chi connectivity index (χ3v) is 5.53. The first-order valence-electron chi connectivity index (χ1n) is 10.2.